The summed E-state index contributed by atoms with van der Waals surface area (Å²) in [6.07, 6.45) is 6.34. The lowest BCUT2D eigenvalue weighted by Crippen LogP contribution is -2.36. The second kappa shape index (κ2) is 29.0. The Morgan fingerprint density at radius 2 is 1.33 bits per heavy atom. The topological polar surface area (TPSA) is 206 Å². The molecule has 0 bridgehead atoms. The van der Waals surface area contributed by atoms with E-state index in [0.717, 1.165) is 85.3 Å². The quantitative estimate of drug-likeness (QED) is 0.0546. The SMILES string of the molecule is CC(=O)c1ccc2nc(CC3CC(Oc4ccnc(COc5ccc(C#N)cc5F)n4)C3)n(C[C@@H]3CCO3)c2c1.S.S.S.S.[C-]#[N+]c1ccc(OCc2nc(N3CCN(Cc4nc5ccc(C(C)=O)cc5n4C[C@@H]4CCO4)C3=O)ccc2F)c(F)c1. The fraction of sp³-hybridized carbons (Fsp3) is 0.333. The fourth-order valence-electron chi connectivity index (χ4n) is 10.1. The molecule has 2 amide bonds. The number of Topliss-reactive ketones (excluding diaryl/α,β-unsaturated/α-hetero) is 2. The van der Waals surface area contributed by atoms with E-state index in [9.17, 15) is 27.6 Å². The van der Waals surface area contributed by atoms with E-state index in [1.807, 2.05) is 41.0 Å². The van der Waals surface area contributed by atoms with Gasteiger partial charge in [0.15, 0.2) is 46.2 Å². The maximum Gasteiger partial charge on any atom is 0.326 e. The van der Waals surface area contributed by atoms with Crippen LogP contribution in [-0.4, -0.2) is 101 Å². The number of nitriles is 1. The standard InChI is InChI=1S/C30H26F2N6O4.C30H28FN5O4.4H2S/c1-18(39)19-3-6-24-26(13-19)38(15-21-9-12-41-21)29(34-24)16-36-10-11-37(30(36)40)28-8-5-22(31)25(35-28)17-42-27-7-4-20(33-2)14-23(27)32;1-18(37)21-3-4-25-26(14-21)36(16-22-7-9-38-22)29(34-25)13-20-10-23(11-20)40-30-6-8-33-28(35-30)17-39-27-5-2-19(15-32)12-24(27)31;;;;/h3-8,13-14,21H,9-12,15-17H2,1H3;2-6,8,12,14,20,22-23H,7,9-11,13,16-17H2,1H3;4*1H2/t21-;20?,22-,23?;;;;/m00..../s1. The molecular weight excluding hydrogens is 1190 g/mol. The second-order valence-corrected chi connectivity index (χ2v) is 20.5. The maximum atomic E-state index is 14.6. The number of imidazole rings is 2. The lowest BCUT2D eigenvalue weighted by Gasteiger charge is -2.35. The van der Waals surface area contributed by atoms with Gasteiger partial charge in [-0.15, -0.1) is 0 Å². The van der Waals surface area contributed by atoms with Gasteiger partial charge in [0, 0.05) is 56.1 Å². The van der Waals surface area contributed by atoms with E-state index >= 15 is 0 Å². The largest absolute Gasteiger partial charge is 0.484 e. The number of amides is 2. The van der Waals surface area contributed by atoms with Gasteiger partial charge in [-0.3, -0.25) is 14.5 Å². The summed E-state index contributed by atoms with van der Waals surface area (Å²) in [5.41, 5.74) is 4.92. The molecule has 1 aliphatic carbocycles. The van der Waals surface area contributed by atoms with Crippen LogP contribution in [0, 0.1) is 41.3 Å². The molecule has 86 heavy (non-hydrogen) atoms. The van der Waals surface area contributed by atoms with E-state index in [1.54, 1.807) is 30.2 Å². The molecule has 3 aliphatic heterocycles. The lowest BCUT2D eigenvalue weighted by molar-refractivity contribution is -0.0592. The van der Waals surface area contributed by atoms with E-state index < -0.39 is 17.5 Å². The molecule has 26 heteroatoms. The molecule has 19 nitrogen and oxygen atoms in total. The minimum absolute atomic E-state index is 0. The highest BCUT2D eigenvalue weighted by Gasteiger charge is 2.35. The summed E-state index contributed by atoms with van der Waals surface area (Å²) in [7, 11) is 0. The van der Waals surface area contributed by atoms with Crippen LogP contribution in [0.1, 0.15) is 89.0 Å². The van der Waals surface area contributed by atoms with Crippen molar-refractivity contribution in [3.8, 4) is 23.4 Å². The Kier molecular flexibility index (Phi) is 22.2. The predicted molar refractivity (Wildman–Crippen MR) is 332 cm³/mol. The average molecular weight is 1250 g/mol. The third kappa shape index (κ3) is 14.9. The summed E-state index contributed by atoms with van der Waals surface area (Å²) < 4.78 is 75.5. The first-order valence-corrected chi connectivity index (χ1v) is 26.8. The van der Waals surface area contributed by atoms with E-state index in [0.29, 0.717) is 60.8 Å². The van der Waals surface area contributed by atoms with Gasteiger partial charge in [0.1, 0.15) is 48.3 Å². The van der Waals surface area contributed by atoms with Crippen LogP contribution in [0.4, 0.5) is 29.5 Å². The van der Waals surface area contributed by atoms with Gasteiger partial charge in [-0.1, -0.05) is 6.07 Å². The number of halogens is 3. The van der Waals surface area contributed by atoms with Gasteiger partial charge in [0.2, 0.25) is 5.88 Å². The Morgan fingerprint density at radius 3 is 1.91 bits per heavy atom. The highest BCUT2D eigenvalue weighted by Crippen LogP contribution is 2.35. The van der Waals surface area contributed by atoms with Crippen LogP contribution in [0.3, 0.4) is 0 Å². The van der Waals surface area contributed by atoms with E-state index in [-0.39, 0.29) is 144 Å². The summed E-state index contributed by atoms with van der Waals surface area (Å²) in [6, 6.07) is 24.7. The van der Waals surface area contributed by atoms with Crippen LogP contribution >= 0.6 is 54.0 Å². The number of rotatable bonds is 19. The van der Waals surface area contributed by atoms with E-state index in [4.69, 9.17) is 45.5 Å². The molecule has 0 N–H and O–H groups in total. The van der Waals surface area contributed by atoms with Gasteiger partial charge in [0.25, 0.3) is 0 Å². The minimum Gasteiger partial charge on any atom is -0.484 e. The first-order valence-electron chi connectivity index (χ1n) is 26.8. The number of nitrogens with zero attached hydrogens (tertiary/aromatic N) is 11. The Balaban J connectivity index is 0.000000235. The van der Waals surface area contributed by atoms with Gasteiger partial charge in [-0.2, -0.15) is 64.2 Å². The summed E-state index contributed by atoms with van der Waals surface area (Å²) in [4.78, 5) is 66.3. The zero-order valence-electron chi connectivity index (χ0n) is 46.8. The van der Waals surface area contributed by atoms with Crippen molar-refractivity contribution >= 4 is 105 Å². The number of hydrogen-bond donors (Lipinski definition) is 0. The zero-order valence-corrected chi connectivity index (χ0v) is 50.8. The van der Waals surface area contributed by atoms with Crippen LogP contribution in [-0.2, 0) is 48.7 Å². The number of pyridine rings is 1. The monoisotopic (exact) mass is 1250 g/mol. The normalized spacial score (nSPS) is 17.3. The Morgan fingerprint density at radius 1 is 0.721 bits per heavy atom. The van der Waals surface area contributed by atoms with Gasteiger partial charge < -0.3 is 37.7 Å². The Hall–Kier alpha value is -7.85. The molecule has 12 rings (SSSR count). The molecule has 4 aliphatic rings. The number of carbonyl (C=O) groups is 3. The molecule has 1 saturated carbocycles. The molecule has 0 radical (unpaired) electrons. The van der Waals surface area contributed by atoms with Crippen LogP contribution in [0.5, 0.6) is 17.4 Å². The summed E-state index contributed by atoms with van der Waals surface area (Å²) in [6.45, 7) is 13.4. The minimum atomic E-state index is -0.738. The van der Waals surface area contributed by atoms with Gasteiger partial charge in [-0.05, 0) is 124 Å². The summed E-state index contributed by atoms with van der Waals surface area (Å²) in [5, 5.41) is 8.88. The molecule has 0 unspecified atom stereocenters. The number of hydrogen-bond acceptors (Lipinski definition) is 14. The second-order valence-electron chi connectivity index (χ2n) is 20.5. The van der Waals surface area contributed by atoms with Crippen molar-refractivity contribution in [2.75, 3.05) is 31.2 Å². The van der Waals surface area contributed by atoms with Crippen LogP contribution in [0.2, 0.25) is 0 Å². The molecule has 7 heterocycles. The van der Waals surface area contributed by atoms with Crippen LogP contribution in [0.25, 0.3) is 26.9 Å². The Labute approximate surface area is 521 Å². The molecule has 4 fully saturated rings. The molecular formula is C60H62F3N11O8S4. The molecule has 450 valence electrons. The predicted octanol–water partition coefficient (Wildman–Crippen LogP) is 10.5. The molecule has 4 aromatic carbocycles. The lowest BCUT2D eigenvalue weighted by atomic mass is 9.80. The maximum absolute atomic E-state index is 14.6. The number of benzene rings is 4. The third-order valence-corrected chi connectivity index (χ3v) is 14.9. The number of anilines is 1. The molecule has 8 aromatic rings. The number of aromatic nitrogens is 7. The van der Waals surface area contributed by atoms with Gasteiger partial charge in [0.05, 0.1) is 72.1 Å². The highest BCUT2D eigenvalue weighted by atomic mass is 32.1. The van der Waals surface area contributed by atoms with Crippen molar-refractivity contribution in [2.45, 2.75) is 97.1 Å². The van der Waals surface area contributed by atoms with E-state index in [1.165, 1.54) is 48.2 Å². The van der Waals surface area contributed by atoms with Crippen molar-refractivity contribution in [1.82, 2.24) is 39.0 Å². The number of ketones is 2. The summed E-state index contributed by atoms with van der Waals surface area (Å²) in [5.74, 6) is 1.04. The Bertz CT molecular complexity index is 3870. The zero-order chi connectivity index (χ0) is 57.0. The van der Waals surface area contributed by atoms with Crippen LogP contribution < -0.4 is 19.1 Å². The molecule has 4 aromatic heterocycles. The first kappa shape index (κ1) is 65.7. The van der Waals surface area contributed by atoms with Crippen molar-refractivity contribution in [3.63, 3.8) is 0 Å². The fourth-order valence-corrected chi connectivity index (χ4v) is 10.1. The summed E-state index contributed by atoms with van der Waals surface area (Å²) >= 11 is 0. The number of fused-ring (bicyclic) bond motifs is 2. The molecule has 3 saturated heterocycles. The van der Waals surface area contributed by atoms with Gasteiger partial charge >= 0.3 is 6.03 Å². The average Bonchev–Trinajstić information content (AvgIpc) is 1.75. The van der Waals surface area contributed by atoms with Crippen molar-refractivity contribution in [1.29, 1.82) is 5.26 Å². The van der Waals surface area contributed by atoms with E-state index in [2.05, 4.69) is 24.4 Å². The first-order chi connectivity index (χ1) is 39.7. The smallest absolute Gasteiger partial charge is 0.326 e. The van der Waals surface area contributed by atoms with Crippen molar-refractivity contribution in [3.05, 3.63) is 166 Å². The van der Waals surface area contributed by atoms with Crippen molar-refractivity contribution in [2.24, 2.45) is 5.92 Å². The van der Waals surface area contributed by atoms with Crippen molar-refractivity contribution < 1.29 is 51.2 Å². The van der Waals surface area contributed by atoms with Crippen LogP contribution in [0.15, 0.2) is 97.2 Å². The number of urea groups is 1. The molecule has 2 atom stereocenters. The van der Waals surface area contributed by atoms with Gasteiger partial charge in [-0.25, -0.2) is 42.7 Å². The highest BCUT2D eigenvalue weighted by molar-refractivity contribution is 7.59. The number of ether oxygens (including phenoxy) is 5. The third-order valence-electron chi connectivity index (χ3n) is 14.9. The number of carbonyl (C=O) groups excluding carboxylic acids is 3. The molecule has 0 spiro atoms.